The zero-order valence-corrected chi connectivity index (χ0v) is 11.3. The van der Waals surface area contributed by atoms with Crippen molar-refractivity contribution < 1.29 is 19.4 Å². The molecule has 1 aromatic heterocycles. The molecule has 1 rings (SSSR count). The molecule has 0 atom stereocenters. The number of methoxy groups -OCH3 is 1. The number of esters is 1. The summed E-state index contributed by atoms with van der Waals surface area (Å²) in [6.07, 6.45) is 0.231. The van der Waals surface area contributed by atoms with Crippen molar-refractivity contribution in [3.63, 3.8) is 0 Å². The fourth-order valence-electron chi connectivity index (χ4n) is 1.50. The number of hydrogen-bond acceptors (Lipinski definition) is 5. The molecule has 5 nitrogen and oxygen atoms in total. The molecule has 98 valence electrons. The molecule has 0 spiro atoms. The highest BCUT2D eigenvalue weighted by Crippen LogP contribution is 2.24. The van der Waals surface area contributed by atoms with Gasteiger partial charge in [-0.05, 0) is 25.5 Å². The standard InChI is InChI=1S/C12H15NO4S/c1-7-6-8(2)13-11(10(7)12(15)16)18-5-4-9(14)17-3/h6H,4-5H2,1-3H3,(H,15,16). The van der Waals surface area contributed by atoms with E-state index in [1.165, 1.54) is 18.9 Å². The van der Waals surface area contributed by atoms with Gasteiger partial charge in [0.1, 0.15) is 5.03 Å². The molecule has 0 aliphatic rings. The molecule has 1 aromatic rings. The van der Waals surface area contributed by atoms with Gasteiger partial charge in [-0.2, -0.15) is 0 Å². The van der Waals surface area contributed by atoms with Gasteiger partial charge in [-0.25, -0.2) is 9.78 Å². The summed E-state index contributed by atoms with van der Waals surface area (Å²) in [6, 6.07) is 1.73. The van der Waals surface area contributed by atoms with Crippen LogP contribution in [0.2, 0.25) is 0 Å². The molecule has 6 heteroatoms. The van der Waals surface area contributed by atoms with E-state index >= 15 is 0 Å². The average molecular weight is 269 g/mol. The van der Waals surface area contributed by atoms with E-state index in [1.54, 1.807) is 13.0 Å². The number of thioether (sulfide) groups is 1. The Labute approximate surface area is 110 Å². The van der Waals surface area contributed by atoms with Crippen LogP contribution >= 0.6 is 11.8 Å². The van der Waals surface area contributed by atoms with Gasteiger partial charge in [0, 0.05) is 11.4 Å². The van der Waals surface area contributed by atoms with Gasteiger partial charge >= 0.3 is 11.9 Å². The lowest BCUT2D eigenvalue weighted by Crippen LogP contribution is -2.07. The summed E-state index contributed by atoms with van der Waals surface area (Å²) in [7, 11) is 1.32. The second kappa shape index (κ2) is 6.39. The van der Waals surface area contributed by atoms with Crippen molar-refractivity contribution in [1.29, 1.82) is 0 Å². The monoisotopic (exact) mass is 269 g/mol. The molecular weight excluding hydrogens is 254 g/mol. The molecule has 0 saturated carbocycles. The first-order valence-corrected chi connectivity index (χ1v) is 6.35. The van der Waals surface area contributed by atoms with Crippen LogP contribution in [-0.2, 0) is 9.53 Å². The Morgan fingerprint density at radius 1 is 1.44 bits per heavy atom. The van der Waals surface area contributed by atoms with Crippen LogP contribution in [0.3, 0.4) is 0 Å². The molecule has 0 saturated heterocycles. The number of aryl methyl sites for hydroxylation is 2. The van der Waals surface area contributed by atoms with E-state index in [0.29, 0.717) is 16.3 Å². The van der Waals surface area contributed by atoms with Crippen LogP contribution in [0.5, 0.6) is 0 Å². The van der Waals surface area contributed by atoms with Gasteiger partial charge in [-0.15, -0.1) is 11.8 Å². The lowest BCUT2D eigenvalue weighted by atomic mass is 10.1. The number of carbonyl (C=O) groups excluding carboxylic acids is 1. The van der Waals surface area contributed by atoms with Gasteiger partial charge in [0.25, 0.3) is 0 Å². The Morgan fingerprint density at radius 3 is 2.67 bits per heavy atom. The first-order chi connectivity index (χ1) is 8.45. The van der Waals surface area contributed by atoms with Gasteiger partial charge in [-0.1, -0.05) is 0 Å². The number of pyridine rings is 1. The fraction of sp³-hybridized carbons (Fsp3) is 0.417. The molecule has 0 unspecified atom stereocenters. The van der Waals surface area contributed by atoms with Gasteiger partial charge in [0.05, 0.1) is 19.1 Å². The number of aromatic nitrogens is 1. The van der Waals surface area contributed by atoms with Crippen LogP contribution < -0.4 is 0 Å². The van der Waals surface area contributed by atoms with Crippen LogP contribution in [0.1, 0.15) is 28.0 Å². The minimum absolute atomic E-state index is 0.204. The third-order valence-corrected chi connectivity index (χ3v) is 3.28. The molecule has 0 bridgehead atoms. The Bertz CT molecular complexity index is 473. The second-order valence-corrected chi connectivity index (χ2v) is 4.82. The Hall–Kier alpha value is -1.56. The van der Waals surface area contributed by atoms with Gasteiger partial charge in [0.15, 0.2) is 0 Å². The van der Waals surface area contributed by atoms with Gasteiger partial charge < -0.3 is 9.84 Å². The molecule has 18 heavy (non-hydrogen) atoms. The predicted octanol–water partition coefficient (Wildman–Crippen LogP) is 2.05. The average Bonchev–Trinajstić information content (AvgIpc) is 2.27. The van der Waals surface area contributed by atoms with E-state index in [9.17, 15) is 9.59 Å². The number of rotatable bonds is 5. The predicted molar refractivity (Wildman–Crippen MR) is 68.0 cm³/mol. The highest BCUT2D eigenvalue weighted by atomic mass is 32.2. The Morgan fingerprint density at radius 2 is 2.11 bits per heavy atom. The molecule has 1 N–H and O–H groups in total. The van der Waals surface area contributed by atoms with Crippen molar-refractivity contribution in [2.75, 3.05) is 12.9 Å². The van der Waals surface area contributed by atoms with Crippen molar-refractivity contribution in [3.8, 4) is 0 Å². The summed E-state index contributed by atoms with van der Waals surface area (Å²) in [4.78, 5) is 26.4. The molecule has 0 radical (unpaired) electrons. The second-order valence-electron chi connectivity index (χ2n) is 3.74. The lowest BCUT2D eigenvalue weighted by Gasteiger charge is -2.08. The van der Waals surface area contributed by atoms with E-state index in [-0.39, 0.29) is 18.0 Å². The number of carbonyl (C=O) groups is 2. The maximum atomic E-state index is 11.2. The molecule has 0 aliphatic heterocycles. The van der Waals surface area contributed by atoms with E-state index in [1.807, 2.05) is 6.92 Å². The highest BCUT2D eigenvalue weighted by Gasteiger charge is 2.16. The topological polar surface area (TPSA) is 76.5 Å². The molecule has 0 amide bonds. The van der Waals surface area contributed by atoms with Crippen molar-refractivity contribution in [3.05, 3.63) is 22.9 Å². The molecule has 0 fully saturated rings. The normalized spacial score (nSPS) is 10.2. The van der Waals surface area contributed by atoms with Gasteiger partial charge in [-0.3, -0.25) is 4.79 Å². The Kier molecular flexibility index (Phi) is 5.15. The van der Waals surface area contributed by atoms with E-state index < -0.39 is 5.97 Å². The van der Waals surface area contributed by atoms with Crippen LogP contribution in [-0.4, -0.2) is 34.9 Å². The summed E-state index contributed by atoms with van der Waals surface area (Å²) >= 11 is 1.25. The molecule has 0 aliphatic carbocycles. The number of nitrogens with zero attached hydrogens (tertiary/aromatic N) is 1. The largest absolute Gasteiger partial charge is 0.478 e. The number of aromatic carboxylic acids is 1. The highest BCUT2D eigenvalue weighted by molar-refractivity contribution is 7.99. The first kappa shape index (κ1) is 14.5. The number of ether oxygens (including phenoxy) is 1. The quantitative estimate of drug-likeness (QED) is 0.651. The summed E-state index contributed by atoms with van der Waals surface area (Å²) in [5.74, 6) is -0.868. The smallest absolute Gasteiger partial charge is 0.338 e. The maximum Gasteiger partial charge on any atom is 0.338 e. The zero-order valence-electron chi connectivity index (χ0n) is 10.5. The number of carboxylic acids is 1. The third-order valence-electron chi connectivity index (χ3n) is 2.30. The maximum absolute atomic E-state index is 11.2. The molecular formula is C12H15NO4S. The fourth-order valence-corrected chi connectivity index (χ4v) is 2.56. The van der Waals surface area contributed by atoms with Crippen LogP contribution in [0, 0.1) is 13.8 Å². The Balaban J connectivity index is 2.87. The van der Waals surface area contributed by atoms with Gasteiger partial charge in [0.2, 0.25) is 0 Å². The molecule has 0 aromatic carbocycles. The van der Waals surface area contributed by atoms with Crippen molar-refractivity contribution >= 4 is 23.7 Å². The van der Waals surface area contributed by atoms with Crippen LogP contribution in [0.25, 0.3) is 0 Å². The first-order valence-electron chi connectivity index (χ1n) is 5.37. The number of hydrogen-bond donors (Lipinski definition) is 1. The molecule has 1 heterocycles. The van der Waals surface area contributed by atoms with E-state index in [4.69, 9.17) is 5.11 Å². The summed E-state index contributed by atoms with van der Waals surface area (Å²) in [5.41, 5.74) is 1.64. The summed E-state index contributed by atoms with van der Waals surface area (Å²) in [6.45, 7) is 3.55. The van der Waals surface area contributed by atoms with Crippen molar-refractivity contribution in [2.24, 2.45) is 0 Å². The van der Waals surface area contributed by atoms with E-state index in [2.05, 4.69) is 9.72 Å². The van der Waals surface area contributed by atoms with Crippen molar-refractivity contribution in [2.45, 2.75) is 25.3 Å². The third kappa shape index (κ3) is 3.73. The minimum atomic E-state index is -0.999. The SMILES string of the molecule is COC(=O)CCSc1nc(C)cc(C)c1C(=O)O. The number of carboxylic acid groups (broad SMARTS) is 1. The van der Waals surface area contributed by atoms with Crippen LogP contribution in [0.4, 0.5) is 0 Å². The summed E-state index contributed by atoms with van der Waals surface area (Å²) < 4.78 is 4.52. The summed E-state index contributed by atoms with van der Waals surface area (Å²) in [5, 5.41) is 9.60. The van der Waals surface area contributed by atoms with E-state index in [0.717, 1.165) is 5.69 Å². The zero-order chi connectivity index (χ0) is 13.7. The lowest BCUT2D eigenvalue weighted by molar-refractivity contribution is -0.140. The van der Waals surface area contributed by atoms with Crippen molar-refractivity contribution in [1.82, 2.24) is 4.98 Å². The van der Waals surface area contributed by atoms with Crippen LogP contribution in [0.15, 0.2) is 11.1 Å². The minimum Gasteiger partial charge on any atom is -0.478 e.